The van der Waals surface area contributed by atoms with Crippen molar-refractivity contribution in [3.8, 4) is 5.75 Å². The maximum atomic E-state index is 12.3. The maximum absolute atomic E-state index is 12.3. The average molecular weight is 390 g/mol. The van der Waals surface area contributed by atoms with Crippen molar-refractivity contribution in [2.45, 2.75) is 25.1 Å². The summed E-state index contributed by atoms with van der Waals surface area (Å²) < 4.78 is 32.6. The van der Waals surface area contributed by atoms with E-state index in [9.17, 15) is 8.42 Å². The van der Waals surface area contributed by atoms with Crippen molar-refractivity contribution >= 4 is 10.0 Å². The molecule has 2 aromatic rings. The second-order valence-corrected chi connectivity index (χ2v) is 8.84. The average Bonchev–Trinajstić information content (AvgIpc) is 2.69. The number of hydrogen-bond acceptors (Lipinski definition) is 5. The molecular formula is C20H27N3O3S. The summed E-state index contributed by atoms with van der Waals surface area (Å²) in [7, 11) is -1.73. The fourth-order valence-corrected chi connectivity index (χ4v) is 4.56. The van der Waals surface area contributed by atoms with Crippen molar-refractivity contribution in [2.24, 2.45) is 5.92 Å². The molecule has 6 nitrogen and oxygen atoms in total. The summed E-state index contributed by atoms with van der Waals surface area (Å²) in [5, 5.41) is 0. The molecule has 0 saturated carbocycles. The second-order valence-electron chi connectivity index (χ2n) is 7.03. The Labute approximate surface area is 161 Å². The highest BCUT2D eigenvalue weighted by atomic mass is 32.2. The van der Waals surface area contributed by atoms with Gasteiger partial charge in [0, 0.05) is 25.5 Å². The van der Waals surface area contributed by atoms with Gasteiger partial charge in [-0.3, -0.25) is 9.88 Å². The molecule has 1 aromatic heterocycles. The summed E-state index contributed by atoms with van der Waals surface area (Å²) in [6.45, 7) is 3.43. The van der Waals surface area contributed by atoms with Crippen LogP contribution in [0.2, 0.25) is 0 Å². The van der Waals surface area contributed by atoms with E-state index in [0.717, 1.165) is 43.8 Å². The van der Waals surface area contributed by atoms with Crippen molar-refractivity contribution < 1.29 is 13.2 Å². The zero-order valence-electron chi connectivity index (χ0n) is 15.7. The number of hydrogen-bond donors (Lipinski definition) is 1. The number of rotatable bonds is 8. The molecule has 1 saturated heterocycles. The van der Waals surface area contributed by atoms with E-state index in [1.165, 1.54) is 5.56 Å². The Balaban J connectivity index is 1.42. The molecule has 1 fully saturated rings. The fourth-order valence-electron chi connectivity index (χ4n) is 3.33. The first-order chi connectivity index (χ1) is 13.0. The van der Waals surface area contributed by atoms with Crippen LogP contribution in [0.1, 0.15) is 24.0 Å². The predicted molar refractivity (Wildman–Crippen MR) is 106 cm³/mol. The van der Waals surface area contributed by atoms with Crippen LogP contribution in [0, 0.1) is 5.92 Å². The number of piperidine rings is 1. The Kier molecular flexibility index (Phi) is 6.82. The van der Waals surface area contributed by atoms with E-state index in [-0.39, 0.29) is 5.75 Å². The topological polar surface area (TPSA) is 71.5 Å². The standard InChI is InChI=1S/C20H27N3O3S/c1-26-20-4-2-19(3-5-20)16-27(24,25)22-14-17-8-12-23(13-9-17)15-18-6-10-21-11-7-18/h2-7,10-11,17,22H,8-9,12-16H2,1H3. The third-order valence-corrected chi connectivity index (χ3v) is 6.29. The number of likely N-dealkylation sites (tertiary alicyclic amines) is 1. The van der Waals surface area contributed by atoms with Crippen LogP contribution in [0.25, 0.3) is 0 Å². The summed E-state index contributed by atoms with van der Waals surface area (Å²) in [4.78, 5) is 6.46. The van der Waals surface area contributed by atoms with Crippen LogP contribution in [0.4, 0.5) is 0 Å². The van der Waals surface area contributed by atoms with Gasteiger partial charge in [-0.05, 0) is 67.2 Å². The van der Waals surface area contributed by atoms with Gasteiger partial charge in [0.15, 0.2) is 0 Å². The van der Waals surface area contributed by atoms with E-state index in [1.54, 1.807) is 31.4 Å². The van der Waals surface area contributed by atoms with Crippen LogP contribution < -0.4 is 9.46 Å². The van der Waals surface area contributed by atoms with Gasteiger partial charge in [-0.15, -0.1) is 0 Å². The minimum absolute atomic E-state index is 0.00210. The number of methoxy groups -OCH3 is 1. The third kappa shape index (κ3) is 6.30. The van der Waals surface area contributed by atoms with Gasteiger partial charge in [0.2, 0.25) is 10.0 Å². The Morgan fingerprint density at radius 3 is 2.37 bits per heavy atom. The molecule has 7 heteroatoms. The Bertz CT molecular complexity index is 802. The summed E-state index contributed by atoms with van der Waals surface area (Å²) in [6, 6.07) is 11.2. The zero-order chi connectivity index (χ0) is 19.1. The molecule has 1 N–H and O–H groups in total. The highest BCUT2D eigenvalue weighted by molar-refractivity contribution is 7.88. The number of sulfonamides is 1. The lowest BCUT2D eigenvalue weighted by Crippen LogP contribution is -2.38. The van der Waals surface area contributed by atoms with Crippen molar-refractivity contribution in [1.82, 2.24) is 14.6 Å². The maximum Gasteiger partial charge on any atom is 0.215 e. The highest BCUT2D eigenvalue weighted by Gasteiger charge is 2.21. The summed E-state index contributed by atoms with van der Waals surface area (Å²) in [6.07, 6.45) is 5.66. The number of benzene rings is 1. The van der Waals surface area contributed by atoms with E-state index in [2.05, 4.69) is 14.6 Å². The Morgan fingerprint density at radius 1 is 1.07 bits per heavy atom. The molecular weight excluding hydrogens is 362 g/mol. The molecule has 0 amide bonds. The largest absolute Gasteiger partial charge is 0.497 e. The number of nitrogens with one attached hydrogen (secondary N) is 1. The highest BCUT2D eigenvalue weighted by Crippen LogP contribution is 2.19. The molecule has 2 heterocycles. The molecule has 27 heavy (non-hydrogen) atoms. The van der Waals surface area contributed by atoms with Gasteiger partial charge in [0.1, 0.15) is 5.75 Å². The SMILES string of the molecule is COc1ccc(CS(=O)(=O)NCC2CCN(Cc3ccncc3)CC2)cc1. The first kappa shape index (κ1) is 19.8. The number of ether oxygens (including phenoxy) is 1. The molecule has 3 rings (SSSR count). The smallest absolute Gasteiger partial charge is 0.215 e. The lowest BCUT2D eigenvalue weighted by Gasteiger charge is -2.32. The number of aromatic nitrogens is 1. The van der Waals surface area contributed by atoms with Crippen molar-refractivity contribution in [3.63, 3.8) is 0 Å². The summed E-state index contributed by atoms with van der Waals surface area (Å²) in [5.41, 5.74) is 2.03. The van der Waals surface area contributed by atoms with Crippen LogP contribution in [0.15, 0.2) is 48.8 Å². The second kappa shape index (κ2) is 9.30. The molecule has 146 valence electrons. The van der Waals surface area contributed by atoms with E-state index >= 15 is 0 Å². The van der Waals surface area contributed by atoms with Crippen molar-refractivity contribution in [2.75, 3.05) is 26.7 Å². The molecule has 0 aliphatic carbocycles. The molecule has 0 spiro atoms. The molecule has 1 aliphatic rings. The molecule has 0 bridgehead atoms. The quantitative estimate of drug-likeness (QED) is 0.751. The Hall–Kier alpha value is -1.96. The number of pyridine rings is 1. The van der Waals surface area contributed by atoms with Gasteiger partial charge >= 0.3 is 0 Å². The molecule has 1 aromatic carbocycles. The third-order valence-electron chi connectivity index (χ3n) is 4.97. The molecule has 0 radical (unpaired) electrons. The first-order valence-electron chi connectivity index (χ1n) is 9.25. The van der Waals surface area contributed by atoms with Crippen LogP contribution in [-0.4, -0.2) is 45.0 Å². The van der Waals surface area contributed by atoms with Crippen molar-refractivity contribution in [3.05, 3.63) is 59.9 Å². The van der Waals surface area contributed by atoms with Crippen LogP contribution in [0.5, 0.6) is 5.75 Å². The molecule has 1 aliphatic heterocycles. The van der Waals surface area contributed by atoms with Gasteiger partial charge in [-0.2, -0.15) is 0 Å². The van der Waals surface area contributed by atoms with Gasteiger partial charge in [0.25, 0.3) is 0 Å². The van der Waals surface area contributed by atoms with Gasteiger partial charge < -0.3 is 4.74 Å². The van der Waals surface area contributed by atoms with Crippen LogP contribution >= 0.6 is 0 Å². The van der Waals surface area contributed by atoms with Crippen LogP contribution in [-0.2, 0) is 22.3 Å². The van der Waals surface area contributed by atoms with Crippen molar-refractivity contribution in [1.29, 1.82) is 0 Å². The van der Waals surface area contributed by atoms with Crippen LogP contribution in [0.3, 0.4) is 0 Å². The minimum Gasteiger partial charge on any atom is -0.497 e. The first-order valence-corrected chi connectivity index (χ1v) is 10.9. The van der Waals surface area contributed by atoms with E-state index in [1.807, 2.05) is 24.5 Å². The monoisotopic (exact) mass is 389 g/mol. The fraction of sp³-hybridized carbons (Fsp3) is 0.450. The van der Waals surface area contributed by atoms with Gasteiger partial charge in [-0.25, -0.2) is 13.1 Å². The lowest BCUT2D eigenvalue weighted by molar-refractivity contribution is 0.178. The Morgan fingerprint density at radius 2 is 1.74 bits per heavy atom. The summed E-state index contributed by atoms with van der Waals surface area (Å²) in [5.74, 6) is 1.12. The minimum atomic E-state index is -3.33. The van der Waals surface area contributed by atoms with E-state index < -0.39 is 10.0 Å². The van der Waals surface area contributed by atoms with E-state index in [4.69, 9.17) is 4.74 Å². The molecule has 0 atom stereocenters. The molecule has 0 unspecified atom stereocenters. The lowest BCUT2D eigenvalue weighted by atomic mass is 9.97. The van der Waals surface area contributed by atoms with Gasteiger partial charge in [0.05, 0.1) is 12.9 Å². The predicted octanol–water partition coefficient (Wildman–Crippen LogP) is 2.42. The zero-order valence-corrected chi connectivity index (χ0v) is 16.5. The van der Waals surface area contributed by atoms with Gasteiger partial charge in [-0.1, -0.05) is 12.1 Å². The van der Waals surface area contributed by atoms with E-state index in [0.29, 0.717) is 12.5 Å². The summed E-state index contributed by atoms with van der Waals surface area (Å²) >= 11 is 0. The number of nitrogens with zero attached hydrogens (tertiary/aromatic N) is 2. The normalized spacial score (nSPS) is 16.3.